The van der Waals surface area contributed by atoms with Gasteiger partial charge < -0.3 is 9.57 Å². The molecular formula is C13H24N2O3. The number of hydrazine groups is 1. The lowest BCUT2D eigenvalue weighted by Gasteiger charge is -2.38. The molecule has 2 aliphatic carbocycles. The molecule has 0 heterocycles. The highest BCUT2D eigenvalue weighted by Gasteiger charge is 2.61. The van der Waals surface area contributed by atoms with Gasteiger partial charge in [0.05, 0.1) is 19.1 Å². The maximum absolute atomic E-state index is 11.1. The predicted octanol–water partition coefficient (Wildman–Crippen LogP) is 1.53. The quantitative estimate of drug-likeness (QED) is 0.576. The summed E-state index contributed by atoms with van der Waals surface area (Å²) in [6.07, 6.45) is 4.16. The maximum atomic E-state index is 11.1. The number of carbonyl (C=O) groups is 1. The summed E-state index contributed by atoms with van der Waals surface area (Å²) in [6, 6.07) is 0. The van der Waals surface area contributed by atoms with Crippen LogP contribution in [0.15, 0.2) is 0 Å². The van der Waals surface area contributed by atoms with Crippen LogP contribution in [-0.2, 0) is 14.4 Å². The van der Waals surface area contributed by atoms with Gasteiger partial charge >= 0.3 is 5.97 Å². The highest BCUT2D eigenvalue weighted by molar-refractivity contribution is 5.69. The first-order valence-electron chi connectivity index (χ1n) is 6.68. The van der Waals surface area contributed by atoms with E-state index in [1.165, 1.54) is 12.8 Å². The molecule has 0 spiro atoms. The first kappa shape index (κ1) is 13.8. The molecule has 2 fully saturated rings. The lowest BCUT2D eigenvalue weighted by Crippen LogP contribution is -2.37. The fourth-order valence-corrected chi connectivity index (χ4v) is 3.78. The number of ether oxygens (including phenoxy) is 1. The molecule has 2 saturated carbocycles. The summed E-state index contributed by atoms with van der Waals surface area (Å²) in [5, 5.41) is 0. The van der Waals surface area contributed by atoms with Gasteiger partial charge in [0.15, 0.2) is 0 Å². The molecule has 2 bridgehead atoms. The topological polar surface area (TPSA) is 73.6 Å². The molecule has 0 amide bonds. The standard InChI is InChI=1S/C13H24N2O3/c1-12(2)9-4-6-13(12,3)10(8-9)17-7-5-11(16)18-15-14/h9-10,15H,4-8,14H2,1-3H3. The van der Waals surface area contributed by atoms with E-state index in [9.17, 15) is 4.79 Å². The van der Waals surface area contributed by atoms with Crippen LogP contribution in [0.25, 0.3) is 0 Å². The minimum Gasteiger partial charge on any atom is -0.377 e. The summed E-state index contributed by atoms with van der Waals surface area (Å²) >= 11 is 0. The van der Waals surface area contributed by atoms with Crippen molar-refractivity contribution in [1.82, 2.24) is 5.59 Å². The van der Waals surface area contributed by atoms with Gasteiger partial charge in [0.25, 0.3) is 0 Å². The number of hydrogen-bond donors (Lipinski definition) is 2. The van der Waals surface area contributed by atoms with Crippen molar-refractivity contribution in [2.24, 2.45) is 22.6 Å². The van der Waals surface area contributed by atoms with Crippen molar-refractivity contribution in [3.05, 3.63) is 0 Å². The summed E-state index contributed by atoms with van der Waals surface area (Å²) in [7, 11) is 0. The minimum atomic E-state index is -0.384. The highest BCUT2D eigenvalue weighted by Crippen LogP contribution is 2.66. The highest BCUT2D eigenvalue weighted by atomic mass is 16.7. The molecule has 0 aromatic carbocycles. The van der Waals surface area contributed by atoms with Gasteiger partial charge in [-0.3, -0.25) is 4.79 Å². The molecule has 104 valence electrons. The predicted molar refractivity (Wildman–Crippen MR) is 67.0 cm³/mol. The van der Waals surface area contributed by atoms with Crippen molar-refractivity contribution in [3.63, 3.8) is 0 Å². The van der Waals surface area contributed by atoms with Crippen LogP contribution in [-0.4, -0.2) is 18.7 Å². The van der Waals surface area contributed by atoms with Gasteiger partial charge in [-0.25, -0.2) is 5.84 Å². The fourth-order valence-electron chi connectivity index (χ4n) is 3.78. The zero-order valence-electron chi connectivity index (χ0n) is 11.5. The van der Waals surface area contributed by atoms with Crippen molar-refractivity contribution in [2.45, 2.75) is 52.6 Å². The third-order valence-electron chi connectivity index (χ3n) is 5.51. The van der Waals surface area contributed by atoms with E-state index in [1.807, 2.05) is 5.59 Å². The van der Waals surface area contributed by atoms with Crippen LogP contribution in [0.2, 0.25) is 0 Å². The Morgan fingerprint density at radius 1 is 1.44 bits per heavy atom. The van der Waals surface area contributed by atoms with Crippen molar-refractivity contribution in [2.75, 3.05) is 6.61 Å². The maximum Gasteiger partial charge on any atom is 0.328 e. The average molecular weight is 256 g/mol. The molecule has 0 aliphatic heterocycles. The second kappa shape index (κ2) is 4.79. The average Bonchev–Trinajstić information content (AvgIpc) is 2.62. The van der Waals surface area contributed by atoms with Crippen molar-refractivity contribution < 1.29 is 14.4 Å². The van der Waals surface area contributed by atoms with Crippen molar-refractivity contribution in [3.8, 4) is 0 Å². The Morgan fingerprint density at radius 3 is 2.67 bits per heavy atom. The van der Waals surface area contributed by atoms with Crippen LogP contribution in [0.5, 0.6) is 0 Å². The van der Waals surface area contributed by atoms with Gasteiger partial charge in [0.1, 0.15) is 0 Å². The lowest BCUT2D eigenvalue weighted by atomic mass is 9.70. The van der Waals surface area contributed by atoms with E-state index >= 15 is 0 Å². The molecule has 3 N–H and O–H groups in total. The molecule has 0 radical (unpaired) electrons. The van der Waals surface area contributed by atoms with E-state index in [-0.39, 0.29) is 23.9 Å². The summed E-state index contributed by atoms with van der Waals surface area (Å²) in [4.78, 5) is 15.6. The van der Waals surface area contributed by atoms with Crippen LogP contribution in [0, 0.1) is 16.7 Å². The summed E-state index contributed by atoms with van der Waals surface area (Å²) in [5.41, 5.74) is 2.48. The number of fused-ring (bicyclic) bond motifs is 2. The molecule has 0 aromatic heterocycles. The summed E-state index contributed by atoms with van der Waals surface area (Å²) < 4.78 is 5.92. The summed E-state index contributed by atoms with van der Waals surface area (Å²) in [6.45, 7) is 7.43. The molecule has 3 unspecified atom stereocenters. The number of hydrogen-bond acceptors (Lipinski definition) is 5. The van der Waals surface area contributed by atoms with E-state index in [2.05, 4.69) is 25.6 Å². The van der Waals surface area contributed by atoms with Gasteiger partial charge in [-0.15, -0.1) is 0 Å². The Morgan fingerprint density at radius 2 is 2.17 bits per heavy atom. The molecule has 0 saturated heterocycles. The molecule has 0 aromatic rings. The van der Waals surface area contributed by atoms with E-state index in [4.69, 9.17) is 10.6 Å². The van der Waals surface area contributed by atoms with Gasteiger partial charge in [-0.1, -0.05) is 26.4 Å². The number of nitrogens with one attached hydrogen (secondary N) is 1. The van der Waals surface area contributed by atoms with E-state index in [0.29, 0.717) is 12.0 Å². The zero-order chi connectivity index (χ0) is 13.4. The largest absolute Gasteiger partial charge is 0.377 e. The summed E-state index contributed by atoms with van der Waals surface area (Å²) in [5.74, 6) is 5.27. The fraction of sp³-hybridized carbons (Fsp3) is 0.923. The van der Waals surface area contributed by atoms with Crippen LogP contribution in [0.3, 0.4) is 0 Å². The van der Waals surface area contributed by atoms with Gasteiger partial charge in [-0.05, 0) is 36.0 Å². The second-order valence-electron chi connectivity index (χ2n) is 6.31. The number of carbonyl (C=O) groups excluding carboxylic acids is 1. The monoisotopic (exact) mass is 256 g/mol. The molecule has 5 heteroatoms. The lowest BCUT2D eigenvalue weighted by molar-refractivity contribution is -0.153. The SMILES string of the molecule is CC1(C)C2CCC1(C)C(OCCC(=O)ONN)C2. The van der Waals surface area contributed by atoms with Crippen LogP contribution in [0.4, 0.5) is 0 Å². The Bertz CT molecular complexity index is 332. The number of rotatable bonds is 5. The van der Waals surface area contributed by atoms with Crippen molar-refractivity contribution >= 4 is 5.97 Å². The minimum absolute atomic E-state index is 0.238. The molecule has 3 atom stereocenters. The normalized spacial score (nSPS) is 36.9. The molecule has 2 rings (SSSR count). The Balaban J connectivity index is 1.84. The third kappa shape index (κ3) is 2.04. The Labute approximate surface area is 108 Å². The Kier molecular flexibility index (Phi) is 3.67. The second-order valence-corrected chi connectivity index (χ2v) is 6.31. The zero-order valence-corrected chi connectivity index (χ0v) is 11.5. The molecule has 2 aliphatic rings. The first-order valence-corrected chi connectivity index (χ1v) is 6.68. The van der Waals surface area contributed by atoms with E-state index in [1.54, 1.807) is 0 Å². The molecule has 5 nitrogen and oxygen atoms in total. The van der Waals surface area contributed by atoms with Crippen LogP contribution < -0.4 is 11.4 Å². The van der Waals surface area contributed by atoms with Crippen LogP contribution >= 0.6 is 0 Å². The Hall–Kier alpha value is -0.650. The van der Waals surface area contributed by atoms with Gasteiger partial charge in [0, 0.05) is 0 Å². The molecule has 18 heavy (non-hydrogen) atoms. The smallest absolute Gasteiger partial charge is 0.328 e. The van der Waals surface area contributed by atoms with Crippen molar-refractivity contribution in [1.29, 1.82) is 0 Å². The third-order valence-corrected chi connectivity index (χ3v) is 5.51. The van der Waals surface area contributed by atoms with E-state index in [0.717, 1.165) is 12.3 Å². The van der Waals surface area contributed by atoms with E-state index < -0.39 is 0 Å². The number of nitrogens with two attached hydrogens (primary N) is 1. The van der Waals surface area contributed by atoms with Crippen LogP contribution in [0.1, 0.15) is 46.5 Å². The molecular weight excluding hydrogens is 232 g/mol. The first-order chi connectivity index (χ1) is 8.41. The van der Waals surface area contributed by atoms with Gasteiger partial charge in [-0.2, -0.15) is 0 Å². The van der Waals surface area contributed by atoms with Gasteiger partial charge in [0.2, 0.25) is 0 Å².